The molecule has 8 atom stereocenters. The molecule has 7 N–H and O–H groups in total. The Morgan fingerprint density at radius 1 is 0.688 bits per heavy atom. The zero-order valence-electron chi connectivity index (χ0n) is 36.1. The van der Waals surface area contributed by atoms with Crippen LogP contribution in [0.3, 0.4) is 0 Å². The first-order valence-corrected chi connectivity index (χ1v) is 20.9. The predicted molar refractivity (Wildman–Crippen MR) is 290 cm³/mol. The standard InChI is InChI=1S/C50H51NO11S.H2O.24H2/c1-4-6-8-10-12-14-16-18-19-20-21-22-23-24-25-26-27-28-30-32-34-36-38-40-45(53)51-43(41-58-50-48(56)49(60-63-62-61-57)46(54)42(3)59-50)47(55)44(52)39-37-35-33-31-29-17-15-13-11-9-7-5-2;;;;;;;;;;;;;;;;;;;;;;;;;/h42-44,46-50,52,54-57H,5,7,9,11,13,15,17,29,31,33,35,37,39,41H2,1-3H3,(H,51,53);1H2;24*1H/p-1/t42?,43-,44+,46?,47-,48?,49?,50?;;;;;;;;;;;;;;;;;;;;;;;;;/m0........................./s1. The summed E-state index contributed by atoms with van der Waals surface area (Å²) in [4.78, 5) is 12.8. The van der Waals surface area contributed by atoms with Gasteiger partial charge in [-0.15, -0.1) is 4.33 Å². The molecule has 1 amide bonds. The molecule has 13 nitrogen and oxygen atoms in total. The van der Waals surface area contributed by atoms with Crippen LogP contribution >= 0.6 is 12.3 Å². The first kappa shape index (κ1) is 58.1. The van der Waals surface area contributed by atoms with E-state index in [9.17, 15) is 30.5 Å². The zero-order valence-corrected chi connectivity index (χ0v) is 36.9. The lowest BCUT2D eigenvalue weighted by Gasteiger charge is -2.41. The van der Waals surface area contributed by atoms with Crippen LogP contribution < -0.4 is 10.6 Å². The highest BCUT2D eigenvalue weighted by atomic mass is 32.2. The smallest absolute Gasteiger partial charge is 0.297 e. The second-order valence-corrected chi connectivity index (χ2v) is 13.7. The molecule has 0 aromatic heterocycles. The van der Waals surface area contributed by atoms with Crippen molar-refractivity contribution in [1.82, 2.24) is 5.32 Å². The van der Waals surface area contributed by atoms with Crippen LogP contribution in [0.4, 0.5) is 0 Å². The number of unbranched alkanes of at least 4 members (excludes halogenated alkanes) is 11. The number of hydrogen-bond acceptors (Lipinski definition) is 12. The third-order valence-electron chi connectivity index (χ3n) is 8.52. The van der Waals surface area contributed by atoms with Crippen molar-refractivity contribution in [2.45, 2.75) is 153 Å². The van der Waals surface area contributed by atoms with Crippen LogP contribution in [0.2, 0.25) is 0 Å². The normalized spacial score (nSPS) is 17.2. The van der Waals surface area contributed by atoms with Gasteiger partial charge >= 0.3 is 0 Å². The Balaban J connectivity index is -0.0000000690. The number of hydrogen-bond donors (Lipinski definition) is 5. The predicted octanol–water partition coefficient (Wildman–Crippen LogP) is 7.08. The summed E-state index contributed by atoms with van der Waals surface area (Å²) in [5.74, 6) is 58.5. The van der Waals surface area contributed by atoms with Crippen molar-refractivity contribution in [3.63, 3.8) is 0 Å². The van der Waals surface area contributed by atoms with Crippen molar-refractivity contribution in [1.29, 1.82) is 0 Å². The minimum absolute atomic E-state index is 0. The SMILES string of the molecule is CC#CC#CC#CC#CC#CC#CC#CC#CC#CC#CC#CC#CC(=O)N[C@@H](COC1OC(C)C(O)C(OSOO[O-])C1O)[C@H](O)[C@H](O)CCCCCCCCCCCCCC.O.[HH].[HH].[HH].[HH].[HH].[HH].[HH].[HH].[HH].[HH].[HH].[HH].[HH].[HH].[HH].[HH].[HH].[HH].[HH].[HH].[HH].[HH].[HH].[HH]. The topological polar surface area (TPSA) is 211 Å². The second kappa shape index (κ2) is 41.1. The Bertz CT molecular complexity index is 2280. The lowest BCUT2D eigenvalue weighted by atomic mass is 9.98. The molecule has 1 heterocycles. The van der Waals surface area contributed by atoms with Crippen LogP contribution in [-0.4, -0.2) is 87.4 Å². The van der Waals surface area contributed by atoms with Gasteiger partial charge in [-0.25, -0.2) is 0 Å². The maximum absolute atomic E-state index is 12.8. The maximum atomic E-state index is 12.8. The summed E-state index contributed by atoms with van der Waals surface area (Å²) < 4.78 is 20.5. The van der Waals surface area contributed by atoms with Gasteiger partial charge in [0.15, 0.2) is 18.6 Å². The molecule has 1 aliphatic rings. The number of nitrogens with one attached hydrogen (secondary N) is 1. The third kappa shape index (κ3) is 30.2. The number of carbonyl (C=O) groups is 1. The molecule has 0 saturated carbocycles. The number of rotatable bonds is 23. The first-order chi connectivity index (χ1) is 30.8. The largest absolute Gasteiger partial charge is 0.691 e. The Morgan fingerprint density at radius 2 is 1.11 bits per heavy atom. The molecule has 0 radical (unpaired) electrons. The van der Waals surface area contributed by atoms with Crippen LogP contribution in [-0.2, 0) is 27.8 Å². The molecule has 384 valence electrons. The molecule has 1 aliphatic heterocycles. The molecule has 14 heteroatoms. The minimum Gasteiger partial charge on any atom is -0.691 e. The van der Waals surface area contributed by atoms with E-state index in [1.807, 2.05) is 0 Å². The van der Waals surface area contributed by atoms with E-state index in [1.54, 1.807) is 6.92 Å². The van der Waals surface area contributed by atoms with E-state index in [0.29, 0.717) is 6.42 Å². The fourth-order valence-corrected chi connectivity index (χ4v) is 5.73. The van der Waals surface area contributed by atoms with Crippen molar-refractivity contribution in [2.24, 2.45) is 0 Å². The average molecular weight is 939 g/mol. The van der Waals surface area contributed by atoms with E-state index in [2.05, 4.69) is 164 Å². The maximum Gasteiger partial charge on any atom is 0.297 e. The molecule has 0 spiro atoms. The number of carbonyl (C=O) groups excluding carboxylic acids is 1. The molecule has 1 saturated heterocycles. The Hall–Kier alpha value is -5.90. The number of aliphatic hydroxyl groups excluding tert-OH is 4. The lowest BCUT2D eigenvalue weighted by Crippen LogP contribution is -2.59. The van der Waals surface area contributed by atoms with E-state index < -0.39 is 61.5 Å². The van der Waals surface area contributed by atoms with Gasteiger partial charge in [-0.05, 0) is 115 Å². The van der Waals surface area contributed by atoms with Crippen LogP contribution in [0.5, 0.6) is 0 Å². The minimum atomic E-state index is -1.61. The highest BCUT2D eigenvalue weighted by molar-refractivity contribution is 7.89. The molecule has 64 heavy (non-hydrogen) atoms. The van der Waals surface area contributed by atoms with Crippen LogP contribution in [0.15, 0.2) is 0 Å². The molecule has 0 aromatic rings. The van der Waals surface area contributed by atoms with Gasteiger partial charge < -0.3 is 46.0 Å². The Kier molecular flexibility index (Phi) is 37.3. The van der Waals surface area contributed by atoms with Gasteiger partial charge in [0.2, 0.25) is 0 Å². The van der Waals surface area contributed by atoms with Gasteiger partial charge in [0, 0.05) is 75.7 Å². The molecule has 5 unspecified atom stereocenters. The summed E-state index contributed by atoms with van der Waals surface area (Å²) in [6.07, 6.45) is 4.54. The molecule has 0 aliphatic carbocycles. The summed E-state index contributed by atoms with van der Waals surface area (Å²) >= 11 is 0.0928. The van der Waals surface area contributed by atoms with Gasteiger partial charge in [0.1, 0.15) is 24.4 Å². The number of aliphatic hydroxyl groups is 4. The van der Waals surface area contributed by atoms with Crippen molar-refractivity contribution in [3.05, 3.63) is 0 Å². The van der Waals surface area contributed by atoms with Crippen molar-refractivity contribution in [2.75, 3.05) is 6.61 Å². The number of amides is 1. The van der Waals surface area contributed by atoms with Crippen LogP contribution in [0.1, 0.15) is 138 Å². The molecule has 0 bridgehead atoms. The highest BCUT2D eigenvalue weighted by Crippen LogP contribution is 2.27. The van der Waals surface area contributed by atoms with Crippen molar-refractivity contribution < 1.29 is 93.2 Å². The van der Waals surface area contributed by atoms with E-state index in [0.717, 1.165) is 25.7 Å². The van der Waals surface area contributed by atoms with Gasteiger partial charge in [-0.1, -0.05) is 89.9 Å². The Labute approximate surface area is 418 Å². The molecule has 1 rings (SSSR count). The van der Waals surface area contributed by atoms with Crippen LogP contribution in [0, 0.1) is 142 Å². The van der Waals surface area contributed by atoms with E-state index >= 15 is 0 Å². The van der Waals surface area contributed by atoms with Gasteiger partial charge in [-0.3, -0.25) is 14.0 Å². The monoisotopic (exact) mass is 939 g/mol. The molecule has 1 fully saturated rings. The summed E-state index contributed by atoms with van der Waals surface area (Å²) in [6.45, 7) is 4.92. The van der Waals surface area contributed by atoms with E-state index in [1.165, 1.54) is 51.9 Å². The second-order valence-electron chi connectivity index (χ2n) is 13.2. The van der Waals surface area contributed by atoms with Gasteiger partial charge in [0.25, 0.3) is 5.91 Å². The fourth-order valence-electron chi connectivity index (χ4n) is 5.36. The third-order valence-corrected chi connectivity index (χ3v) is 8.93. The van der Waals surface area contributed by atoms with E-state index in [-0.39, 0.29) is 58.5 Å². The first-order valence-electron chi connectivity index (χ1n) is 20.3. The highest BCUT2D eigenvalue weighted by Gasteiger charge is 2.45. The van der Waals surface area contributed by atoms with E-state index in [4.69, 9.17) is 13.7 Å². The quantitative estimate of drug-likeness (QED) is 0.0229. The van der Waals surface area contributed by atoms with Gasteiger partial charge in [0.05, 0.1) is 24.9 Å². The number of ether oxygens (including phenoxy) is 2. The van der Waals surface area contributed by atoms with Crippen molar-refractivity contribution >= 4 is 18.2 Å². The summed E-state index contributed by atoms with van der Waals surface area (Å²) in [7, 11) is 0. The molecule has 0 aromatic carbocycles. The molecular weight excluding hydrogens is 839 g/mol. The van der Waals surface area contributed by atoms with Crippen molar-refractivity contribution in [3.8, 4) is 142 Å². The zero-order chi connectivity index (χ0) is 46.0. The Morgan fingerprint density at radius 3 is 1.55 bits per heavy atom. The summed E-state index contributed by atoms with van der Waals surface area (Å²) in [5.41, 5.74) is 0. The van der Waals surface area contributed by atoms with Gasteiger partial charge in [-0.2, -0.15) is 0 Å². The van der Waals surface area contributed by atoms with Crippen LogP contribution in [0.25, 0.3) is 0 Å². The fraction of sp³-hybridized carbons (Fsp3) is 0.500. The summed E-state index contributed by atoms with van der Waals surface area (Å²) in [5, 5.41) is 59.1. The summed E-state index contributed by atoms with van der Waals surface area (Å²) in [6, 6.07) is -1.22. The molecular formula is C50H100NO12S-. The average Bonchev–Trinajstić information content (AvgIpc) is 3.28. The lowest BCUT2D eigenvalue weighted by molar-refractivity contribution is -0.777.